The van der Waals surface area contributed by atoms with Crippen molar-refractivity contribution < 1.29 is 21.6 Å². The van der Waals surface area contributed by atoms with Crippen LogP contribution in [-0.2, 0) is 16.4 Å². The second-order valence-corrected chi connectivity index (χ2v) is 7.07. The van der Waals surface area contributed by atoms with Crippen molar-refractivity contribution in [1.82, 2.24) is 4.72 Å². The van der Waals surface area contributed by atoms with Crippen LogP contribution in [0.15, 0.2) is 59.5 Å². The average Bonchev–Trinajstić information content (AvgIpc) is 2.52. The number of nitrogens with two attached hydrogens (primary N) is 1. The van der Waals surface area contributed by atoms with Crippen LogP contribution in [0.3, 0.4) is 0 Å². The van der Waals surface area contributed by atoms with Crippen LogP contribution < -0.4 is 10.5 Å². The van der Waals surface area contributed by atoms with Gasteiger partial charge in [0.15, 0.2) is 0 Å². The quantitative estimate of drug-likeness (QED) is 0.790. The molecule has 0 saturated carbocycles. The Hall–Kier alpha value is -1.61. The van der Waals surface area contributed by atoms with E-state index in [1.54, 1.807) is 24.3 Å². The molecule has 0 aliphatic heterocycles. The maximum absolute atomic E-state index is 12.3. The first kappa shape index (κ1) is 21.4. The molecule has 0 aromatic heterocycles. The third-order valence-corrected chi connectivity index (χ3v) is 4.80. The van der Waals surface area contributed by atoms with Gasteiger partial charge in [-0.15, -0.1) is 12.4 Å². The number of benzene rings is 2. The highest BCUT2D eigenvalue weighted by molar-refractivity contribution is 7.89. The number of alkyl halides is 3. The Morgan fingerprint density at radius 1 is 1.00 bits per heavy atom. The lowest BCUT2D eigenvalue weighted by molar-refractivity contribution is -0.127. The normalized spacial score (nSPS) is 13.1. The van der Waals surface area contributed by atoms with Crippen molar-refractivity contribution in [3.8, 4) is 0 Å². The minimum Gasteiger partial charge on any atom is -0.323 e. The Bertz CT molecular complexity index is 766. The van der Waals surface area contributed by atoms with E-state index in [0.717, 1.165) is 29.8 Å². The molecular formula is C16H18ClF3N2O2S. The van der Waals surface area contributed by atoms with Crippen molar-refractivity contribution in [2.24, 2.45) is 5.73 Å². The zero-order valence-corrected chi connectivity index (χ0v) is 14.7. The third kappa shape index (κ3) is 6.66. The third-order valence-electron chi connectivity index (χ3n) is 3.36. The van der Waals surface area contributed by atoms with Crippen molar-refractivity contribution in [2.45, 2.75) is 23.5 Å². The summed E-state index contributed by atoms with van der Waals surface area (Å²) >= 11 is 0. The van der Waals surface area contributed by atoms with E-state index in [4.69, 9.17) is 5.73 Å². The van der Waals surface area contributed by atoms with Gasteiger partial charge in [-0.25, -0.2) is 13.1 Å². The first-order valence-corrected chi connectivity index (χ1v) is 8.61. The van der Waals surface area contributed by atoms with E-state index < -0.39 is 28.7 Å². The molecule has 0 saturated heterocycles. The van der Waals surface area contributed by atoms with Crippen molar-refractivity contribution >= 4 is 22.4 Å². The van der Waals surface area contributed by atoms with Crippen LogP contribution in [0.25, 0.3) is 0 Å². The summed E-state index contributed by atoms with van der Waals surface area (Å²) in [6.07, 6.45) is -5.43. The Morgan fingerprint density at radius 2 is 1.56 bits per heavy atom. The highest BCUT2D eigenvalue weighted by atomic mass is 35.5. The molecular weight excluding hydrogens is 377 g/mol. The minimum absolute atomic E-state index is 0. The zero-order valence-electron chi connectivity index (χ0n) is 13.0. The van der Waals surface area contributed by atoms with Gasteiger partial charge in [0.25, 0.3) is 0 Å². The van der Waals surface area contributed by atoms with Crippen molar-refractivity contribution in [3.05, 3.63) is 65.7 Å². The van der Waals surface area contributed by atoms with Crippen molar-refractivity contribution in [2.75, 3.05) is 6.54 Å². The molecule has 0 amide bonds. The van der Waals surface area contributed by atoms with Gasteiger partial charge < -0.3 is 5.73 Å². The smallest absolute Gasteiger partial charge is 0.323 e. The lowest BCUT2D eigenvalue weighted by atomic mass is 10.1. The fourth-order valence-electron chi connectivity index (χ4n) is 2.12. The molecule has 0 fully saturated rings. The Labute approximate surface area is 150 Å². The van der Waals surface area contributed by atoms with E-state index in [1.807, 2.05) is 6.07 Å². The second-order valence-electron chi connectivity index (χ2n) is 5.30. The van der Waals surface area contributed by atoms with E-state index in [2.05, 4.69) is 4.72 Å². The number of hydrogen-bond donors (Lipinski definition) is 2. The van der Waals surface area contributed by atoms with E-state index in [-0.39, 0.29) is 29.4 Å². The van der Waals surface area contributed by atoms with Crippen LogP contribution in [-0.4, -0.2) is 21.1 Å². The summed E-state index contributed by atoms with van der Waals surface area (Å²) in [7, 11) is -3.84. The fourth-order valence-corrected chi connectivity index (χ4v) is 3.18. The average molecular weight is 395 g/mol. The van der Waals surface area contributed by atoms with E-state index >= 15 is 0 Å². The molecule has 25 heavy (non-hydrogen) atoms. The second kappa shape index (κ2) is 8.66. The maximum Gasteiger partial charge on any atom is 0.393 e. The molecule has 0 aliphatic rings. The fraction of sp³-hybridized carbons (Fsp3) is 0.250. The van der Waals surface area contributed by atoms with Crippen LogP contribution in [0, 0.1) is 0 Å². The summed E-state index contributed by atoms with van der Waals surface area (Å²) in [5.41, 5.74) is 6.70. The van der Waals surface area contributed by atoms with Gasteiger partial charge in [-0.1, -0.05) is 42.5 Å². The lowest BCUT2D eigenvalue weighted by Crippen LogP contribution is -2.32. The summed E-state index contributed by atoms with van der Waals surface area (Å²) in [4.78, 5) is -0.103. The molecule has 138 valence electrons. The van der Waals surface area contributed by atoms with Gasteiger partial charge in [0.1, 0.15) is 0 Å². The van der Waals surface area contributed by atoms with E-state index in [0.29, 0.717) is 0 Å². The predicted octanol–water partition coefficient (Wildman–Crippen LogP) is 3.19. The number of hydrogen-bond acceptors (Lipinski definition) is 3. The van der Waals surface area contributed by atoms with Crippen LogP contribution in [0.2, 0.25) is 0 Å². The first-order valence-electron chi connectivity index (χ1n) is 7.13. The Kier molecular flexibility index (Phi) is 7.43. The van der Waals surface area contributed by atoms with Crippen LogP contribution >= 0.6 is 12.4 Å². The van der Waals surface area contributed by atoms with E-state index in [1.165, 1.54) is 0 Å². The topological polar surface area (TPSA) is 72.2 Å². The highest BCUT2D eigenvalue weighted by Crippen LogP contribution is 2.22. The van der Waals surface area contributed by atoms with Gasteiger partial charge in [0.2, 0.25) is 10.0 Å². The molecule has 2 aromatic carbocycles. The molecule has 0 aliphatic carbocycles. The van der Waals surface area contributed by atoms with Gasteiger partial charge >= 0.3 is 6.18 Å². The lowest BCUT2D eigenvalue weighted by Gasteiger charge is -2.14. The summed E-state index contributed by atoms with van der Waals surface area (Å²) in [6, 6.07) is 13.1. The van der Waals surface area contributed by atoms with Gasteiger partial charge in [-0.3, -0.25) is 0 Å². The molecule has 4 nitrogen and oxygen atoms in total. The van der Waals surface area contributed by atoms with Gasteiger partial charge in [0.05, 0.1) is 11.3 Å². The SMILES string of the molecule is Cl.NC(CNS(=O)(=O)c1ccc(CC(F)(F)F)cc1)c1ccccc1. The largest absolute Gasteiger partial charge is 0.393 e. The van der Waals surface area contributed by atoms with E-state index in [9.17, 15) is 21.6 Å². The predicted molar refractivity (Wildman–Crippen MR) is 92.0 cm³/mol. The van der Waals surface area contributed by atoms with Crippen LogP contribution in [0.5, 0.6) is 0 Å². The number of halogens is 4. The monoisotopic (exact) mass is 394 g/mol. The molecule has 1 unspecified atom stereocenters. The molecule has 0 bridgehead atoms. The zero-order chi connectivity index (χ0) is 17.8. The summed E-state index contributed by atoms with van der Waals surface area (Å²) in [5, 5.41) is 0. The summed E-state index contributed by atoms with van der Waals surface area (Å²) < 4.78 is 63.6. The molecule has 1 atom stereocenters. The maximum atomic E-state index is 12.3. The molecule has 0 radical (unpaired) electrons. The van der Waals surface area contributed by atoms with Crippen LogP contribution in [0.1, 0.15) is 17.2 Å². The van der Waals surface area contributed by atoms with Gasteiger partial charge in [0, 0.05) is 12.6 Å². The molecule has 2 rings (SSSR count). The number of rotatable bonds is 6. The number of nitrogens with one attached hydrogen (secondary N) is 1. The first-order chi connectivity index (χ1) is 11.2. The summed E-state index contributed by atoms with van der Waals surface area (Å²) in [5.74, 6) is 0. The highest BCUT2D eigenvalue weighted by Gasteiger charge is 2.27. The van der Waals surface area contributed by atoms with Gasteiger partial charge in [-0.2, -0.15) is 13.2 Å². The van der Waals surface area contributed by atoms with Crippen LogP contribution in [0.4, 0.5) is 13.2 Å². The molecule has 0 spiro atoms. The number of sulfonamides is 1. The Morgan fingerprint density at radius 3 is 2.08 bits per heavy atom. The standard InChI is InChI=1S/C16H17F3N2O2S.ClH/c17-16(18,19)10-12-6-8-14(9-7-12)24(22,23)21-11-15(20)13-4-2-1-3-5-13;/h1-9,15,21H,10-11,20H2;1H. The Balaban J connectivity index is 0.00000312. The minimum atomic E-state index is -4.33. The molecule has 9 heteroatoms. The molecule has 2 aromatic rings. The molecule has 3 N–H and O–H groups in total. The van der Waals surface area contributed by atoms with Gasteiger partial charge in [-0.05, 0) is 23.3 Å². The molecule has 0 heterocycles. The summed E-state index contributed by atoms with van der Waals surface area (Å²) in [6.45, 7) is -0.0172. The van der Waals surface area contributed by atoms with Crippen molar-refractivity contribution in [1.29, 1.82) is 0 Å². The van der Waals surface area contributed by atoms with Crippen molar-refractivity contribution in [3.63, 3.8) is 0 Å².